The maximum atomic E-state index is 12.4. The topological polar surface area (TPSA) is 98.0 Å². The van der Waals surface area contributed by atoms with Crippen LogP contribution in [-0.2, 0) is 4.79 Å². The van der Waals surface area contributed by atoms with Gasteiger partial charge in [-0.3, -0.25) is 4.79 Å². The molecule has 0 spiro atoms. The number of carbonyl (C=O) groups is 1. The number of fused-ring (bicyclic) bond motifs is 5. The molecule has 4 N–H and O–H groups in total. The number of allylic oxidation sites excluding steroid dienone is 2. The van der Waals surface area contributed by atoms with Crippen LogP contribution in [0.25, 0.3) is 0 Å². The molecule has 12 atom stereocenters. The van der Waals surface area contributed by atoms with Gasteiger partial charge < -0.3 is 20.4 Å². The van der Waals surface area contributed by atoms with Gasteiger partial charge in [0, 0.05) is 50.0 Å². The minimum atomic E-state index is -0.817. The summed E-state index contributed by atoms with van der Waals surface area (Å²) in [6.45, 7) is 13.2. The first kappa shape index (κ1) is 30.1. The average Bonchev–Trinajstić information content (AvgIpc) is 2.99. The Morgan fingerprint density at radius 2 is 1.63 bits per heavy atom. The van der Waals surface area contributed by atoms with E-state index >= 15 is 0 Å². The summed E-state index contributed by atoms with van der Waals surface area (Å²) in [6, 6.07) is 0. The summed E-state index contributed by atoms with van der Waals surface area (Å²) in [6.07, 6.45) is 6.80. The molecule has 6 unspecified atom stereocenters. The van der Waals surface area contributed by atoms with Crippen LogP contribution in [0.15, 0.2) is 11.6 Å². The SMILES string of the molecule is CC(C)=CCC[C@H](C(=O)O)[C@@H]1C2CC(O)[C@@H]3C(C)(CCC4C(C)C(O)CC[C@@]43C)[C@@]2(C)C[C@@H]1O.[Ac]. The van der Waals surface area contributed by atoms with E-state index in [1.807, 2.05) is 13.8 Å². The maximum Gasteiger partial charge on any atom is 0.306 e. The predicted octanol–water partition coefficient (Wildman–Crippen LogP) is 5.03. The molecule has 0 aromatic carbocycles. The fourth-order valence-electron chi connectivity index (χ4n) is 10.1. The zero-order valence-corrected chi connectivity index (χ0v) is 27.5. The van der Waals surface area contributed by atoms with E-state index in [0.29, 0.717) is 31.6 Å². The van der Waals surface area contributed by atoms with Gasteiger partial charge in [-0.25, -0.2) is 0 Å². The molecule has 4 aliphatic carbocycles. The number of hydrogen-bond donors (Lipinski definition) is 4. The third-order valence-electron chi connectivity index (χ3n) is 11.8. The van der Waals surface area contributed by atoms with Gasteiger partial charge in [0.2, 0.25) is 0 Å². The van der Waals surface area contributed by atoms with Crippen molar-refractivity contribution in [1.29, 1.82) is 0 Å². The van der Waals surface area contributed by atoms with Crippen molar-refractivity contribution in [2.45, 2.75) is 111 Å². The number of rotatable bonds is 5. The van der Waals surface area contributed by atoms with Crippen LogP contribution < -0.4 is 0 Å². The summed E-state index contributed by atoms with van der Waals surface area (Å²) < 4.78 is 0. The van der Waals surface area contributed by atoms with Gasteiger partial charge in [-0.15, -0.1) is 0 Å². The van der Waals surface area contributed by atoms with Crippen molar-refractivity contribution in [2.75, 3.05) is 0 Å². The average molecular weight is 704 g/mol. The number of aliphatic hydroxyl groups excluding tert-OH is 3. The normalized spacial score (nSPS) is 49.6. The van der Waals surface area contributed by atoms with E-state index in [9.17, 15) is 25.2 Å². The minimum absolute atomic E-state index is 0. The second-order valence-electron chi connectivity index (χ2n) is 13.5. The smallest absolute Gasteiger partial charge is 0.306 e. The second-order valence-corrected chi connectivity index (χ2v) is 13.5. The van der Waals surface area contributed by atoms with Crippen molar-refractivity contribution < 1.29 is 69.3 Å². The van der Waals surface area contributed by atoms with E-state index in [1.54, 1.807) is 0 Å². The molecule has 4 saturated carbocycles. The van der Waals surface area contributed by atoms with Crippen molar-refractivity contribution in [2.24, 2.45) is 51.8 Å². The Labute approximate surface area is 248 Å². The standard InChI is InChI=1S/C29H48O5.Ac/c1-16(2)8-7-9-18(26(33)34)24-20-14-22(31)25-27(4)12-11-21(30)17(3)19(27)10-13-28(25,5)29(20,6)15-23(24)32;/h8,17-25,30-32H,7,9-15H2,1-6H3,(H,33,34);/t17?,18-,19?,20?,21?,22?,23-,24+,25-,27-,28?,29-;/m0./s1. The zero-order valence-electron chi connectivity index (χ0n) is 22.7. The number of carboxylic acid groups (broad SMARTS) is 1. The van der Waals surface area contributed by atoms with Crippen LogP contribution in [0.2, 0.25) is 0 Å². The van der Waals surface area contributed by atoms with Gasteiger partial charge >= 0.3 is 5.97 Å². The number of hydrogen-bond acceptors (Lipinski definition) is 4. The summed E-state index contributed by atoms with van der Waals surface area (Å²) in [7, 11) is 0. The molecule has 0 heterocycles. The molecule has 35 heavy (non-hydrogen) atoms. The van der Waals surface area contributed by atoms with Gasteiger partial charge in [-0.2, -0.15) is 0 Å². The first-order valence-electron chi connectivity index (χ1n) is 13.7. The molecule has 0 aromatic heterocycles. The van der Waals surface area contributed by atoms with Gasteiger partial charge in [0.15, 0.2) is 0 Å². The number of aliphatic carboxylic acids is 1. The second kappa shape index (κ2) is 10.6. The van der Waals surface area contributed by atoms with Gasteiger partial charge in [0.05, 0.1) is 24.2 Å². The molecule has 4 rings (SSSR count). The fraction of sp³-hybridized carbons (Fsp3) is 0.897. The van der Waals surface area contributed by atoms with Crippen LogP contribution in [0.4, 0.5) is 0 Å². The Morgan fingerprint density at radius 1 is 0.971 bits per heavy atom. The van der Waals surface area contributed by atoms with Gasteiger partial charge in [-0.05, 0) is 105 Å². The Balaban J connectivity index is 0.00000342. The van der Waals surface area contributed by atoms with E-state index in [4.69, 9.17) is 0 Å². The Morgan fingerprint density at radius 3 is 2.23 bits per heavy atom. The quantitative estimate of drug-likeness (QED) is 0.302. The first-order valence-corrected chi connectivity index (χ1v) is 13.7. The third kappa shape index (κ3) is 4.66. The maximum absolute atomic E-state index is 12.4. The van der Waals surface area contributed by atoms with Crippen molar-refractivity contribution in [3.8, 4) is 0 Å². The van der Waals surface area contributed by atoms with Crippen molar-refractivity contribution in [1.82, 2.24) is 0 Å². The van der Waals surface area contributed by atoms with Crippen LogP contribution in [0.3, 0.4) is 0 Å². The number of carboxylic acids is 1. The summed E-state index contributed by atoms with van der Waals surface area (Å²) in [5, 5.41) is 43.9. The van der Waals surface area contributed by atoms with Crippen molar-refractivity contribution >= 4 is 5.97 Å². The van der Waals surface area contributed by atoms with Crippen LogP contribution in [0.1, 0.15) is 92.9 Å². The molecule has 4 aliphatic rings. The van der Waals surface area contributed by atoms with Crippen molar-refractivity contribution in [3.05, 3.63) is 11.6 Å². The third-order valence-corrected chi connectivity index (χ3v) is 11.8. The fourth-order valence-corrected chi connectivity index (χ4v) is 10.1. The molecular weight excluding hydrogens is 655 g/mol. The molecule has 1 radical (unpaired) electrons. The molecule has 5 nitrogen and oxygen atoms in total. The molecule has 197 valence electrons. The summed E-state index contributed by atoms with van der Waals surface area (Å²) in [4.78, 5) is 12.4. The molecule has 0 aliphatic heterocycles. The molecule has 0 amide bonds. The summed E-state index contributed by atoms with van der Waals surface area (Å²) in [5.74, 6) is -1.01. The molecule has 4 fully saturated rings. The van der Waals surface area contributed by atoms with E-state index < -0.39 is 24.1 Å². The van der Waals surface area contributed by atoms with Crippen molar-refractivity contribution in [3.63, 3.8) is 0 Å². The predicted molar refractivity (Wildman–Crippen MR) is 133 cm³/mol. The van der Waals surface area contributed by atoms with Crippen LogP contribution in [0, 0.1) is 95.8 Å². The molecule has 6 heteroatoms. The number of aliphatic hydroxyl groups is 3. The summed E-state index contributed by atoms with van der Waals surface area (Å²) >= 11 is 0. The van der Waals surface area contributed by atoms with Crippen LogP contribution in [-0.4, -0.2) is 44.7 Å². The van der Waals surface area contributed by atoms with E-state index in [1.165, 1.54) is 5.57 Å². The van der Waals surface area contributed by atoms with Crippen LogP contribution >= 0.6 is 0 Å². The first-order chi connectivity index (χ1) is 15.8. The minimum Gasteiger partial charge on any atom is -0.481 e. The Hall–Kier alpha value is 0.532. The molecular formula is C29H48AcO5. The monoisotopic (exact) mass is 703 g/mol. The Kier molecular flexibility index (Phi) is 9.11. The van der Waals surface area contributed by atoms with E-state index in [2.05, 4.69) is 33.8 Å². The Bertz CT molecular complexity index is 826. The molecule has 0 aromatic rings. The zero-order chi connectivity index (χ0) is 25.2. The molecule has 0 bridgehead atoms. The largest absolute Gasteiger partial charge is 0.481 e. The van der Waals surface area contributed by atoms with E-state index in [-0.39, 0.29) is 90.1 Å². The van der Waals surface area contributed by atoms with Gasteiger partial charge in [0.25, 0.3) is 0 Å². The summed E-state index contributed by atoms with van der Waals surface area (Å²) in [5.41, 5.74) is 0.763. The van der Waals surface area contributed by atoms with Gasteiger partial charge in [0.1, 0.15) is 0 Å². The van der Waals surface area contributed by atoms with Gasteiger partial charge in [-0.1, -0.05) is 39.3 Å². The van der Waals surface area contributed by atoms with E-state index in [0.717, 1.165) is 25.7 Å². The van der Waals surface area contributed by atoms with Crippen LogP contribution in [0.5, 0.6) is 0 Å². The molecule has 0 saturated heterocycles.